The summed E-state index contributed by atoms with van der Waals surface area (Å²) in [7, 11) is 0. The van der Waals surface area contributed by atoms with Crippen molar-refractivity contribution in [3.8, 4) is 11.4 Å². The van der Waals surface area contributed by atoms with Crippen molar-refractivity contribution in [1.29, 1.82) is 0 Å². The third-order valence-electron chi connectivity index (χ3n) is 4.86. The summed E-state index contributed by atoms with van der Waals surface area (Å²) >= 11 is 12.2. The number of carbonyl (C=O) groups is 2. The van der Waals surface area contributed by atoms with Crippen LogP contribution in [0.3, 0.4) is 0 Å². The second-order valence-electron chi connectivity index (χ2n) is 7.31. The molecule has 1 aliphatic rings. The Labute approximate surface area is 194 Å². The molecule has 2 aromatic carbocycles. The summed E-state index contributed by atoms with van der Waals surface area (Å²) in [6.07, 6.45) is 1.90. The number of hydrogen-bond donors (Lipinski definition) is 2. The molecule has 8 nitrogen and oxygen atoms in total. The van der Waals surface area contributed by atoms with Crippen LogP contribution in [-0.2, 0) is 6.61 Å². The van der Waals surface area contributed by atoms with Gasteiger partial charge in [0.25, 0.3) is 11.8 Å². The standard InChI is InChI=1S/C22H21Cl2N5O3/c1-2-25-21(30)13-3-8-16(9-4-13)29-18(12-32-19-10-5-14(23)11-17(19)24)20(27-28-29)22(31)26-15-6-7-15/h3-5,8-11,15H,2,6-7,12H2,1H3,(H,25,30)(H,26,31). The minimum atomic E-state index is -0.307. The van der Waals surface area contributed by atoms with Crippen LogP contribution >= 0.6 is 23.2 Å². The van der Waals surface area contributed by atoms with Gasteiger partial charge in [0.2, 0.25) is 0 Å². The van der Waals surface area contributed by atoms with E-state index in [1.165, 1.54) is 4.68 Å². The molecule has 1 aliphatic carbocycles. The molecule has 0 bridgehead atoms. The number of hydrogen-bond acceptors (Lipinski definition) is 5. The summed E-state index contributed by atoms with van der Waals surface area (Å²) < 4.78 is 7.39. The minimum absolute atomic E-state index is 0.000154. The normalized spacial score (nSPS) is 13.0. The van der Waals surface area contributed by atoms with Gasteiger partial charge in [-0.05, 0) is 62.2 Å². The van der Waals surface area contributed by atoms with Crippen LogP contribution in [0.2, 0.25) is 10.0 Å². The van der Waals surface area contributed by atoms with Crippen LogP contribution < -0.4 is 15.4 Å². The van der Waals surface area contributed by atoms with Crippen LogP contribution in [0.25, 0.3) is 5.69 Å². The number of halogens is 2. The molecule has 1 aromatic heterocycles. The van der Waals surface area contributed by atoms with Crippen LogP contribution in [0.1, 0.15) is 46.3 Å². The molecule has 0 radical (unpaired) electrons. The Morgan fingerprint density at radius 3 is 2.53 bits per heavy atom. The van der Waals surface area contributed by atoms with Gasteiger partial charge in [-0.25, -0.2) is 4.68 Å². The van der Waals surface area contributed by atoms with Gasteiger partial charge < -0.3 is 15.4 Å². The summed E-state index contributed by atoms with van der Waals surface area (Å²) in [4.78, 5) is 24.8. The zero-order valence-electron chi connectivity index (χ0n) is 17.3. The second-order valence-corrected chi connectivity index (χ2v) is 8.16. The van der Waals surface area contributed by atoms with Gasteiger partial charge in [0, 0.05) is 23.2 Å². The van der Waals surface area contributed by atoms with Gasteiger partial charge >= 0.3 is 0 Å². The van der Waals surface area contributed by atoms with E-state index in [1.54, 1.807) is 42.5 Å². The SMILES string of the molecule is CCNC(=O)c1ccc(-n2nnc(C(=O)NC3CC3)c2COc2ccc(Cl)cc2Cl)cc1. The van der Waals surface area contributed by atoms with Gasteiger partial charge in [-0.3, -0.25) is 9.59 Å². The average Bonchev–Trinajstić information content (AvgIpc) is 3.49. The van der Waals surface area contributed by atoms with E-state index in [1.807, 2.05) is 6.92 Å². The van der Waals surface area contributed by atoms with Crippen LogP contribution in [-0.4, -0.2) is 39.4 Å². The van der Waals surface area contributed by atoms with Gasteiger partial charge in [0.05, 0.1) is 10.7 Å². The predicted molar refractivity (Wildman–Crippen MR) is 121 cm³/mol. The van der Waals surface area contributed by atoms with Crippen molar-refractivity contribution >= 4 is 35.0 Å². The lowest BCUT2D eigenvalue weighted by Gasteiger charge is -2.12. The average molecular weight is 474 g/mol. The number of nitrogens with zero attached hydrogens (tertiary/aromatic N) is 3. The van der Waals surface area contributed by atoms with Crippen molar-refractivity contribution in [1.82, 2.24) is 25.6 Å². The molecule has 2 N–H and O–H groups in total. The van der Waals surface area contributed by atoms with Crippen LogP contribution in [0.15, 0.2) is 42.5 Å². The third kappa shape index (κ3) is 5.03. The maximum absolute atomic E-state index is 12.7. The maximum Gasteiger partial charge on any atom is 0.274 e. The van der Waals surface area contributed by atoms with Crippen LogP contribution in [0, 0.1) is 0 Å². The summed E-state index contributed by atoms with van der Waals surface area (Å²) in [5.74, 6) is -0.0504. The molecule has 0 atom stereocenters. The number of nitrogens with one attached hydrogen (secondary N) is 2. The van der Waals surface area contributed by atoms with Crippen molar-refractivity contribution in [2.75, 3.05) is 6.54 Å². The number of benzene rings is 2. The monoisotopic (exact) mass is 473 g/mol. The molecule has 2 amide bonds. The van der Waals surface area contributed by atoms with E-state index in [2.05, 4.69) is 20.9 Å². The van der Waals surface area contributed by atoms with Gasteiger partial charge in [0.1, 0.15) is 18.1 Å². The van der Waals surface area contributed by atoms with Crippen molar-refractivity contribution in [2.45, 2.75) is 32.4 Å². The number of ether oxygens (including phenoxy) is 1. The van der Waals surface area contributed by atoms with E-state index >= 15 is 0 Å². The number of amides is 2. The lowest BCUT2D eigenvalue weighted by atomic mass is 10.2. The minimum Gasteiger partial charge on any atom is -0.486 e. The molecular formula is C22H21Cl2N5O3. The van der Waals surface area contributed by atoms with Crippen LogP contribution in [0.4, 0.5) is 0 Å². The highest BCUT2D eigenvalue weighted by molar-refractivity contribution is 6.35. The molecule has 0 saturated heterocycles. The smallest absolute Gasteiger partial charge is 0.274 e. The number of aromatic nitrogens is 3. The first-order chi connectivity index (χ1) is 15.5. The Hall–Kier alpha value is -3.10. The molecule has 4 rings (SSSR count). The van der Waals surface area contributed by atoms with Crippen molar-refractivity contribution in [3.05, 3.63) is 69.5 Å². The molecule has 3 aromatic rings. The molecule has 1 heterocycles. The third-order valence-corrected chi connectivity index (χ3v) is 5.39. The topological polar surface area (TPSA) is 98.1 Å². The number of rotatable bonds is 8. The van der Waals surface area contributed by atoms with E-state index < -0.39 is 0 Å². The molecule has 32 heavy (non-hydrogen) atoms. The highest BCUT2D eigenvalue weighted by Crippen LogP contribution is 2.29. The Balaban J connectivity index is 1.63. The van der Waals surface area contributed by atoms with Crippen molar-refractivity contribution < 1.29 is 14.3 Å². The first-order valence-electron chi connectivity index (χ1n) is 10.2. The highest BCUT2D eigenvalue weighted by atomic mass is 35.5. The van der Waals surface area contributed by atoms with Crippen LogP contribution in [0.5, 0.6) is 5.75 Å². The molecule has 10 heteroatoms. The molecule has 0 spiro atoms. The molecule has 166 valence electrons. The fourth-order valence-electron chi connectivity index (χ4n) is 3.05. The molecule has 1 saturated carbocycles. The summed E-state index contributed by atoms with van der Waals surface area (Å²) in [5.41, 5.74) is 1.79. The van der Waals surface area contributed by atoms with Crippen molar-refractivity contribution in [2.24, 2.45) is 0 Å². The van der Waals surface area contributed by atoms with Gasteiger partial charge in [-0.15, -0.1) is 5.10 Å². The molecular weight excluding hydrogens is 453 g/mol. The Morgan fingerprint density at radius 2 is 1.88 bits per heavy atom. The first-order valence-corrected chi connectivity index (χ1v) is 10.9. The van der Waals surface area contributed by atoms with Crippen molar-refractivity contribution in [3.63, 3.8) is 0 Å². The highest BCUT2D eigenvalue weighted by Gasteiger charge is 2.28. The zero-order chi connectivity index (χ0) is 22.7. The lowest BCUT2D eigenvalue weighted by molar-refractivity contribution is 0.0939. The van der Waals surface area contributed by atoms with E-state index in [0.29, 0.717) is 39.3 Å². The number of carbonyl (C=O) groups excluding carboxylic acids is 2. The Kier molecular flexibility index (Phi) is 6.62. The largest absolute Gasteiger partial charge is 0.486 e. The molecule has 0 aliphatic heterocycles. The quantitative estimate of drug-likeness (QED) is 0.518. The zero-order valence-corrected chi connectivity index (χ0v) is 18.8. The van der Waals surface area contributed by atoms with E-state index in [0.717, 1.165) is 12.8 Å². The Bertz CT molecular complexity index is 1140. The Morgan fingerprint density at radius 1 is 1.12 bits per heavy atom. The summed E-state index contributed by atoms with van der Waals surface area (Å²) in [6, 6.07) is 11.9. The van der Waals surface area contributed by atoms with Gasteiger partial charge in [0.15, 0.2) is 5.69 Å². The second kappa shape index (κ2) is 9.58. The molecule has 1 fully saturated rings. The fourth-order valence-corrected chi connectivity index (χ4v) is 3.51. The predicted octanol–water partition coefficient (Wildman–Crippen LogP) is 3.80. The van der Waals surface area contributed by atoms with E-state index in [4.69, 9.17) is 27.9 Å². The lowest BCUT2D eigenvalue weighted by Crippen LogP contribution is -2.27. The maximum atomic E-state index is 12.7. The first kappa shape index (κ1) is 22.1. The molecule has 0 unspecified atom stereocenters. The summed E-state index contributed by atoms with van der Waals surface area (Å²) in [6.45, 7) is 2.40. The van der Waals surface area contributed by atoms with Gasteiger partial charge in [-0.2, -0.15) is 0 Å². The van der Waals surface area contributed by atoms with E-state index in [9.17, 15) is 9.59 Å². The fraction of sp³-hybridized carbons (Fsp3) is 0.273. The van der Waals surface area contributed by atoms with Gasteiger partial charge in [-0.1, -0.05) is 28.4 Å². The van der Waals surface area contributed by atoms with E-state index in [-0.39, 0.29) is 30.2 Å². The summed E-state index contributed by atoms with van der Waals surface area (Å²) in [5, 5.41) is 14.8.